The summed E-state index contributed by atoms with van der Waals surface area (Å²) >= 11 is 0. The van der Waals surface area contributed by atoms with E-state index < -0.39 is 6.03 Å². The molecule has 0 radical (unpaired) electrons. The fraction of sp³-hybridized carbons (Fsp3) is 0.190. The number of benzene rings is 2. The summed E-state index contributed by atoms with van der Waals surface area (Å²) in [6.45, 7) is 3.01. The normalized spacial score (nSPS) is 10.4. The molecule has 0 unspecified atom stereocenters. The lowest BCUT2D eigenvalue weighted by Gasteiger charge is -2.12. The maximum Gasteiger partial charge on any atom is 0.323 e. The van der Waals surface area contributed by atoms with E-state index in [0.29, 0.717) is 35.8 Å². The highest BCUT2D eigenvalue weighted by atomic mass is 16.5. The van der Waals surface area contributed by atoms with Gasteiger partial charge in [0.25, 0.3) is 5.91 Å². The number of rotatable bonds is 7. The molecule has 8 nitrogen and oxygen atoms in total. The van der Waals surface area contributed by atoms with Crippen LogP contribution in [0.2, 0.25) is 0 Å². The second-order valence-corrected chi connectivity index (χ2v) is 6.41. The number of amides is 3. The number of hydrogen-bond donors (Lipinski definition) is 3. The SMILES string of the molecule is COCCn1cc(NC(=O)Nc2cc(NC(=O)c3ccccc3)ccc2C)cn1. The number of nitrogens with zero attached hydrogens (tertiary/aromatic N) is 2. The van der Waals surface area contributed by atoms with Crippen LogP contribution in [0, 0.1) is 6.92 Å². The summed E-state index contributed by atoms with van der Waals surface area (Å²) in [5.74, 6) is -0.215. The lowest BCUT2D eigenvalue weighted by molar-refractivity contribution is 0.102. The summed E-state index contributed by atoms with van der Waals surface area (Å²) in [4.78, 5) is 24.7. The van der Waals surface area contributed by atoms with Crippen molar-refractivity contribution in [3.8, 4) is 0 Å². The average Bonchev–Trinajstić information content (AvgIpc) is 3.16. The van der Waals surface area contributed by atoms with Gasteiger partial charge in [0.1, 0.15) is 0 Å². The van der Waals surface area contributed by atoms with Crippen LogP contribution in [0.5, 0.6) is 0 Å². The van der Waals surface area contributed by atoms with Crippen LogP contribution in [-0.4, -0.2) is 35.4 Å². The van der Waals surface area contributed by atoms with Gasteiger partial charge in [-0.25, -0.2) is 4.79 Å². The van der Waals surface area contributed by atoms with E-state index in [1.807, 2.05) is 19.1 Å². The lowest BCUT2D eigenvalue weighted by Crippen LogP contribution is -2.20. The van der Waals surface area contributed by atoms with Crippen molar-refractivity contribution < 1.29 is 14.3 Å². The van der Waals surface area contributed by atoms with Crippen LogP contribution >= 0.6 is 0 Å². The van der Waals surface area contributed by atoms with Crippen molar-refractivity contribution in [1.29, 1.82) is 0 Å². The molecule has 3 aromatic rings. The minimum absolute atomic E-state index is 0.215. The molecule has 2 aromatic carbocycles. The van der Waals surface area contributed by atoms with Crippen molar-refractivity contribution in [2.24, 2.45) is 0 Å². The van der Waals surface area contributed by atoms with Gasteiger partial charge >= 0.3 is 6.03 Å². The standard InChI is InChI=1S/C21H23N5O3/c1-15-8-9-17(23-20(27)16-6-4-3-5-7-16)12-19(15)25-21(28)24-18-13-22-26(14-18)10-11-29-2/h3-9,12-14H,10-11H2,1-2H3,(H,23,27)(H2,24,25,28). The minimum Gasteiger partial charge on any atom is -0.383 e. The molecule has 0 aliphatic heterocycles. The number of aryl methyl sites for hydroxylation is 1. The van der Waals surface area contributed by atoms with Crippen LogP contribution in [0.3, 0.4) is 0 Å². The molecule has 1 heterocycles. The quantitative estimate of drug-likeness (QED) is 0.570. The van der Waals surface area contributed by atoms with Gasteiger partial charge in [0.2, 0.25) is 0 Å². The molecule has 1 aromatic heterocycles. The zero-order chi connectivity index (χ0) is 20.6. The molecule has 3 N–H and O–H groups in total. The Hall–Kier alpha value is -3.65. The zero-order valence-electron chi connectivity index (χ0n) is 16.3. The van der Waals surface area contributed by atoms with Gasteiger partial charge in [0, 0.05) is 30.2 Å². The highest BCUT2D eigenvalue weighted by Gasteiger charge is 2.10. The summed E-state index contributed by atoms with van der Waals surface area (Å²) in [5.41, 5.74) is 3.19. The van der Waals surface area contributed by atoms with Gasteiger partial charge in [-0.2, -0.15) is 5.10 Å². The molecule has 0 aliphatic carbocycles. The fourth-order valence-corrected chi connectivity index (χ4v) is 2.65. The van der Waals surface area contributed by atoms with Crippen molar-refractivity contribution in [3.05, 3.63) is 72.1 Å². The first kappa shape index (κ1) is 20.1. The minimum atomic E-state index is -0.397. The van der Waals surface area contributed by atoms with Gasteiger partial charge in [-0.15, -0.1) is 0 Å². The number of nitrogens with one attached hydrogen (secondary N) is 3. The number of ether oxygens (including phenoxy) is 1. The van der Waals surface area contributed by atoms with E-state index in [-0.39, 0.29) is 5.91 Å². The Morgan fingerprint density at radius 3 is 2.59 bits per heavy atom. The molecule has 0 bridgehead atoms. The molecule has 3 rings (SSSR count). The van der Waals surface area contributed by atoms with E-state index in [9.17, 15) is 9.59 Å². The fourth-order valence-electron chi connectivity index (χ4n) is 2.65. The third-order valence-electron chi connectivity index (χ3n) is 4.20. The Morgan fingerprint density at radius 1 is 1.03 bits per heavy atom. The maximum absolute atomic E-state index is 12.3. The highest BCUT2D eigenvalue weighted by molar-refractivity contribution is 6.05. The van der Waals surface area contributed by atoms with Crippen LogP contribution < -0.4 is 16.0 Å². The first-order chi connectivity index (χ1) is 14.0. The number of anilines is 3. The third kappa shape index (κ3) is 5.66. The number of carbonyl (C=O) groups is 2. The first-order valence-electron chi connectivity index (χ1n) is 9.11. The van der Waals surface area contributed by atoms with Crippen LogP contribution in [-0.2, 0) is 11.3 Å². The second kappa shape index (κ2) is 9.52. The first-order valence-corrected chi connectivity index (χ1v) is 9.11. The topological polar surface area (TPSA) is 97.3 Å². The van der Waals surface area contributed by atoms with Gasteiger partial charge in [-0.05, 0) is 36.8 Å². The maximum atomic E-state index is 12.3. The molecule has 0 aliphatic rings. The Balaban J connectivity index is 1.63. The molecule has 0 saturated heterocycles. The third-order valence-corrected chi connectivity index (χ3v) is 4.20. The van der Waals surface area contributed by atoms with Gasteiger partial charge in [0.05, 0.1) is 25.0 Å². The molecule has 0 saturated carbocycles. The molecule has 29 heavy (non-hydrogen) atoms. The van der Waals surface area contributed by atoms with Crippen LogP contribution in [0.1, 0.15) is 15.9 Å². The van der Waals surface area contributed by atoms with Gasteiger partial charge < -0.3 is 20.7 Å². The Kier molecular flexibility index (Phi) is 6.59. The summed E-state index contributed by atoms with van der Waals surface area (Å²) in [7, 11) is 1.62. The predicted octanol–water partition coefficient (Wildman–Crippen LogP) is 3.73. The van der Waals surface area contributed by atoms with E-state index in [1.165, 1.54) is 0 Å². The van der Waals surface area contributed by atoms with Crippen LogP contribution in [0.15, 0.2) is 60.9 Å². The summed E-state index contributed by atoms with van der Waals surface area (Å²) in [5, 5.41) is 12.5. The molecular formula is C21H23N5O3. The van der Waals surface area contributed by atoms with E-state index in [1.54, 1.807) is 60.6 Å². The van der Waals surface area contributed by atoms with Crippen molar-refractivity contribution in [1.82, 2.24) is 9.78 Å². The van der Waals surface area contributed by atoms with E-state index in [0.717, 1.165) is 5.56 Å². The lowest BCUT2D eigenvalue weighted by atomic mass is 10.1. The molecular weight excluding hydrogens is 370 g/mol. The molecule has 150 valence electrons. The van der Waals surface area contributed by atoms with Crippen molar-refractivity contribution in [2.75, 3.05) is 29.7 Å². The van der Waals surface area contributed by atoms with Gasteiger partial charge in [-0.3, -0.25) is 9.48 Å². The summed E-state index contributed by atoms with van der Waals surface area (Å²) in [6.07, 6.45) is 3.29. The summed E-state index contributed by atoms with van der Waals surface area (Å²) in [6, 6.07) is 13.9. The Bertz CT molecular complexity index is 985. The molecule has 3 amide bonds. The smallest absolute Gasteiger partial charge is 0.323 e. The van der Waals surface area contributed by atoms with E-state index >= 15 is 0 Å². The summed E-state index contributed by atoms with van der Waals surface area (Å²) < 4.78 is 6.69. The predicted molar refractivity (Wildman–Crippen MR) is 112 cm³/mol. The van der Waals surface area contributed by atoms with Crippen LogP contribution in [0.4, 0.5) is 21.9 Å². The number of carbonyl (C=O) groups excluding carboxylic acids is 2. The molecule has 0 fully saturated rings. The zero-order valence-corrected chi connectivity index (χ0v) is 16.3. The molecule has 8 heteroatoms. The second-order valence-electron chi connectivity index (χ2n) is 6.41. The number of aromatic nitrogens is 2. The van der Waals surface area contributed by atoms with Crippen LogP contribution in [0.25, 0.3) is 0 Å². The van der Waals surface area contributed by atoms with Gasteiger partial charge in [-0.1, -0.05) is 24.3 Å². The van der Waals surface area contributed by atoms with Crippen molar-refractivity contribution in [3.63, 3.8) is 0 Å². The number of urea groups is 1. The monoisotopic (exact) mass is 393 g/mol. The number of hydrogen-bond acceptors (Lipinski definition) is 4. The highest BCUT2D eigenvalue weighted by Crippen LogP contribution is 2.21. The van der Waals surface area contributed by atoms with E-state index in [2.05, 4.69) is 21.0 Å². The Labute approximate surface area is 168 Å². The van der Waals surface area contributed by atoms with Crippen molar-refractivity contribution in [2.45, 2.75) is 13.5 Å². The average molecular weight is 393 g/mol. The van der Waals surface area contributed by atoms with E-state index in [4.69, 9.17) is 4.74 Å². The largest absolute Gasteiger partial charge is 0.383 e. The van der Waals surface area contributed by atoms with Gasteiger partial charge in [0.15, 0.2) is 0 Å². The number of methoxy groups -OCH3 is 1. The Morgan fingerprint density at radius 2 is 1.83 bits per heavy atom. The van der Waals surface area contributed by atoms with Crippen molar-refractivity contribution >= 4 is 29.0 Å². The molecule has 0 spiro atoms. The molecule has 0 atom stereocenters.